The Morgan fingerprint density at radius 2 is 1.73 bits per heavy atom. The Hall–Kier alpha value is -0.620. The lowest BCUT2D eigenvalue weighted by molar-refractivity contribution is 0.000734. The van der Waals surface area contributed by atoms with Crippen LogP contribution in [0.15, 0.2) is 0 Å². The Morgan fingerprint density at radius 3 is 2.36 bits per heavy atom. The van der Waals surface area contributed by atoms with Crippen molar-refractivity contribution in [1.82, 2.24) is 0 Å². The molecule has 0 saturated carbocycles. The molecule has 0 atom stereocenters. The molecule has 0 unspecified atom stereocenters. The van der Waals surface area contributed by atoms with Gasteiger partial charge in [-0.3, -0.25) is 0 Å². The van der Waals surface area contributed by atoms with E-state index in [0.29, 0.717) is 0 Å². The average molecular weight is 154 g/mol. The van der Waals surface area contributed by atoms with E-state index in [9.17, 15) is 0 Å². The Kier molecular flexibility index (Phi) is 8.85. The molecule has 0 aliphatic heterocycles. The fraction of sp³-hybridized carbons (Fsp3) is 0.889. The molecule has 0 heterocycles. The van der Waals surface area contributed by atoms with Gasteiger partial charge in [0.1, 0.15) is 0 Å². The van der Waals surface area contributed by atoms with Crippen LogP contribution in [-0.2, 0) is 0 Å². The average Bonchev–Trinajstić information content (AvgIpc) is 2.03. The lowest BCUT2D eigenvalue weighted by Gasteiger charge is -1.95. The maximum absolute atomic E-state index is 8.08. The quantitative estimate of drug-likeness (QED) is 0.234. The molecule has 2 heteroatoms. The van der Waals surface area contributed by atoms with Crippen LogP contribution in [0, 0.1) is 0 Å². The zero-order chi connectivity index (χ0) is 8.36. The van der Waals surface area contributed by atoms with E-state index >= 15 is 0 Å². The molecule has 0 aromatic rings. The third kappa shape index (κ3) is 9.38. The van der Waals surface area contributed by atoms with Gasteiger partial charge in [-0.25, -0.2) is 0 Å². The van der Waals surface area contributed by atoms with E-state index in [1.54, 1.807) is 6.21 Å². The highest BCUT2D eigenvalue weighted by Gasteiger charge is 1.89. The van der Waals surface area contributed by atoms with Crippen molar-refractivity contribution >= 4 is 6.21 Å². The van der Waals surface area contributed by atoms with Crippen LogP contribution in [0.1, 0.15) is 51.9 Å². The van der Waals surface area contributed by atoms with Crippen LogP contribution in [0.2, 0.25) is 0 Å². The summed E-state index contributed by atoms with van der Waals surface area (Å²) in [7, 11) is 0. The van der Waals surface area contributed by atoms with Crippen molar-refractivity contribution in [2.24, 2.45) is 0 Å². The van der Waals surface area contributed by atoms with Gasteiger partial charge in [-0.15, -0.1) is 0 Å². The van der Waals surface area contributed by atoms with Gasteiger partial charge in [0.15, 0.2) is 0 Å². The molecule has 0 spiro atoms. The molecule has 0 aromatic heterocycles. The molecule has 0 saturated heterocycles. The summed E-state index contributed by atoms with van der Waals surface area (Å²) in [5.74, 6) is 0. The summed E-state index contributed by atoms with van der Waals surface area (Å²) >= 11 is 0. The molecule has 0 amide bonds. The van der Waals surface area contributed by atoms with E-state index in [0.717, 1.165) is 12.8 Å². The second kappa shape index (κ2) is 9.38. The minimum atomic E-state index is 0.919. The maximum Gasteiger partial charge on any atom is 0.257 e. The van der Waals surface area contributed by atoms with Gasteiger partial charge in [0.05, 0.1) is 0 Å². The molecule has 0 aliphatic rings. The van der Waals surface area contributed by atoms with Gasteiger partial charge >= 0.3 is 0 Å². The molecule has 11 heavy (non-hydrogen) atoms. The zero-order valence-electron chi connectivity index (χ0n) is 7.42. The van der Waals surface area contributed by atoms with Crippen molar-refractivity contribution in [3.63, 3.8) is 0 Å². The number of nitrogens with zero attached hydrogens (tertiary/aromatic N) is 2. The fourth-order valence-electron chi connectivity index (χ4n) is 1.07. The Balaban J connectivity index is 2.84. The van der Waals surface area contributed by atoms with Gasteiger partial charge in [0.25, 0.3) is 6.21 Å². The van der Waals surface area contributed by atoms with Crippen LogP contribution in [0.4, 0.5) is 0 Å². The normalized spacial score (nSPS) is 9.18. The largest absolute Gasteiger partial charge is 0.362 e. The molecule has 0 aromatic carbocycles. The first-order chi connectivity index (χ1) is 5.41. The predicted octanol–water partition coefficient (Wildman–Crippen LogP) is 3.04. The van der Waals surface area contributed by atoms with Gasteiger partial charge in [0, 0.05) is 6.42 Å². The highest BCUT2D eigenvalue weighted by Crippen LogP contribution is 2.05. The second-order valence-electron chi connectivity index (χ2n) is 2.85. The summed E-state index contributed by atoms with van der Waals surface area (Å²) in [6.45, 7) is 2.22. The third-order valence-corrected chi connectivity index (χ3v) is 1.77. The number of hydrogen-bond acceptors (Lipinski definition) is 0. The topological polar surface area (TPSA) is 36.4 Å². The molecule has 0 radical (unpaired) electrons. The standard InChI is InChI=1S/C9H18N2/c1-2-3-4-5-6-7-8-9-11-10/h9H,2-8H2,1H3. The van der Waals surface area contributed by atoms with Crippen LogP contribution >= 0.6 is 0 Å². The lowest BCUT2D eigenvalue weighted by atomic mass is 10.1. The second-order valence-corrected chi connectivity index (χ2v) is 2.85. The molecule has 0 aliphatic carbocycles. The van der Waals surface area contributed by atoms with E-state index in [-0.39, 0.29) is 0 Å². The van der Waals surface area contributed by atoms with Crippen molar-refractivity contribution in [2.45, 2.75) is 51.9 Å². The van der Waals surface area contributed by atoms with Gasteiger partial charge in [-0.1, -0.05) is 39.0 Å². The molecule has 0 fully saturated rings. The molecule has 0 N–H and O–H groups in total. The number of rotatable bonds is 7. The Morgan fingerprint density at radius 1 is 1.09 bits per heavy atom. The zero-order valence-corrected chi connectivity index (χ0v) is 7.42. The predicted molar refractivity (Wildman–Crippen MR) is 47.7 cm³/mol. The molecular formula is C9H18N2. The first kappa shape index (κ1) is 10.4. The van der Waals surface area contributed by atoms with Crippen LogP contribution in [-0.4, -0.2) is 11.0 Å². The summed E-state index contributed by atoms with van der Waals surface area (Å²) in [4.78, 5) is 2.94. The number of hydrogen-bond donors (Lipinski definition) is 0. The van der Waals surface area contributed by atoms with Crippen molar-refractivity contribution < 1.29 is 4.79 Å². The third-order valence-electron chi connectivity index (χ3n) is 1.77. The van der Waals surface area contributed by atoms with E-state index in [1.165, 1.54) is 32.1 Å². The molecule has 0 bridgehead atoms. The molecule has 2 nitrogen and oxygen atoms in total. The van der Waals surface area contributed by atoms with E-state index < -0.39 is 0 Å². The van der Waals surface area contributed by atoms with Gasteiger partial charge in [-0.2, -0.15) is 4.79 Å². The van der Waals surface area contributed by atoms with Crippen LogP contribution in [0.25, 0.3) is 5.53 Å². The summed E-state index contributed by atoms with van der Waals surface area (Å²) in [5.41, 5.74) is 8.08. The van der Waals surface area contributed by atoms with Crippen LogP contribution in [0.3, 0.4) is 0 Å². The molecular weight excluding hydrogens is 136 g/mol. The summed E-state index contributed by atoms with van der Waals surface area (Å²) in [5, 5.41) is 0. The summed E-state index contributed by atoms with van der Waals surface area (Å²) in [6.07, 6.45) is 10.3. The summed E-state index contributed by atoms with van der Waals surface area (Å²) < 4.78 is 0. The first-order valence-electron chi connectivity index (χ1n) is 4.57. The van der Waals surface area contributed by atoms with Gasteiger partial charge in [0.2, 0.25) is 0 Å². The van der Waals surface area contributed by atoms with Crippen molar-refractivity contribution in [3.8, 4) is 0 Å². The lowest BCUT2D eigenvalue weighted by Crippen LogP contribution is -1.80. The number of unbranched alkanes of at least 4 members (excludes halogenated alkanes) is 6. The highest BCUT2D eigenvalue weighted by molar-refractivity contribution is 5.49. The molecule has 64 valence electrons. The van der Waals surface area contributed by atoms with Crippen molar-refractivity contribution in [1.29, 1.82) is 0 Å². The maximum atomic E-state index is 8.08. The Bertz CT molecular complexity index is 115. The van der Waals surface area contributed by atoms with Crippen molar-refractivity contribution in [2.75, 3.05) is 0 Å². The molecule has 0 rings (SSSR count). The first-order valence-corrected chi connectivity index (χ1v) is 4.57. The van der Waals surface area contributed by atoms with Gasteiger partial charge in [-0.05, 0) is 6.42 Å². The SMILES string of the molecule is CCCCCCCCC=[N+]=[N-]. The minimum absolute atomic E-state index is 0.919. The Labute approximate surface area is 69.2 Å². The summed E-state index contributed by atoms with van der Waals surface area (Å²) in [6, 6.07) is 0. The smallest absolute Gasteiger partial charge is 0.257 e. The van der Waals surface area contributed by atoms with Crippen LogP contribution in [0.5, 0.6) is 0 Å². The van der Waals surface area contributed by atoms with Crippen LogP contribution < -0.4 is 0 Å². The van der Waals surface area contributed by atoms with Crippen molar-refractivity contribution in [3.05, 3.63) is 5.53 Å². The van der Waals surface area contributed by atoms with E-state index in [1.807, 2.05) is 0 Å². The fourth-order valence-corrected chi connectivity index (χ4v) is 1.07. The van der Waals surface area contributed by atoms with Gasteiger partial charge < -0.3 is 5.53 Å². The van der Waals surface area contributed by atoms with E-state index in [2.05, 4.69) is 11.7 Å². The van der Waals surface area contributed by atoms with E-state index in [4.69, 9.17) is 5.53 Å². The highest BCUT2D eigenvalue weighted by atomic mass is 14.8. The minimum Gasteiger partial charge on any atom is -0.362 e. The monoisotopic (exact) mass is 154 g/mol.